The molecule has 2 aromatic rings. The number of urea groups is 1. The highest BCUT2D eigenvalue weighted by atomic mass is 16.2. The van der Waals surface area contributed by atoms with Gasteiger partial charge in [0.15, 0.2) is 0 Å². The average Bonchev–Trinajstić information content (AvgIpc) is 3.48. The number of carbonyl (C=O) groups is 1. The normalized spacial score (nSPS) is 21.6. The van der Waals surface area contributed by atoms with Gasteiger partial charge in [0.05, 0.1) is 23.5 Å². The third-order valence-corrected chi connectivity index (χ3v) is 6.35. The first-order chi connectivity index (χ1) is 14.1. The van der Waals surface area contributed by atoms with Gasteiger partial charge in [0.25, 0.3) is 0 Å². The maximum absolute atomic E-state index is 12.2. The quantitative estimate of drug-likeness (QED) is 0.802. The summed E-state index contributed by atoms with van der Waals surface area (Å²) in [4.78, 5) is 22.8. The van der Waals surface area contributed by atoms with Gasteiger partial charge in [0.1, 0.15) is 11.9 Å². The highest BCUT2D eigenvalue weighted by Gasteiger charge is 2.31. The van der Waals surface area contributed by atoms with Crippen LogP contribution < -0.4 is 9.80 Å². The molecule has 0 spiro atoms. The summed E-state index contributed by atoms with van der Waals surface area (Å²) in [6.45, 7) is 3.06. The zero-order valence-electron chi connectivity index (χ0n) is 16.7. The summed E-state index contributed by atoms with van der Waals surface area (Å²) >= 11 is 0. The molecule has 2 aliphatic heterocycles. The zero-order chi connectivity index (χ0) is 20.0. The Morgan fingerprint density at radius 1 is 1.21 bits per heavy atom. The number of aryl methyl sites for hydroxylation is 2. The van der Waals surface area contributed by atoms with E-state index in [9.17, 15) is 10.1 Å². The third-order valence-electron chi connectivity index (χ3n) is 6.35. The molecule has 150 valence electrons. The van der Waals surface area contributed by atoms with E-state index in [1.807, 2.05) is 24.0 Å². The Kier molecular flexibility index (Phi) is 4.38. The molecule has 4 heterocycles. The van der Waals surface area contributed by atoms with Gasteiger partial charge >= 0.3 is 6.03 Å². The molecule has 1 aliphatic carbocycles. The van der Waals surface area contributed by atoms with E-state index in [0.717, 1.165) is 56.1 Å². The van der Waals surface area contributed by atoms with Crippen molar-refractivity contribution in [2.45, 2.75) is 38.1 Å². The molecule has 0 aromatic carbocycles. The van der Waals surface area contributed by atoms with Crippen LogP contribution in [0.1, 0.15) is 42.1 Å². The first-order valence-electron chi connectivity index (χ1n) is 10.4. The minimum absolute atomic E-state index is 0.0227. The van der Waals surface area contributed by atoms with E-state index < -0.39 is 0 Å². The van der Waals surface area contributed by atoms with E-state index in [4.69, 9.17) is 4.98 Å². The van der Waals surface area contributed by atoms with Gasteiger partial charge in [-0.15, -0.1) is 0 Å². The summed E-state index contributed by atoms with van der Waals surface area (Å²) in [6, 6.07) is 4.63. The second-order valence-corrected chi connectivity index (χ2v) is 8.21. The van der Waals surface area contributed by atoms with Crippen LogP contribution in [0.5, 0.6) is 0 Å². The highest BCUT2D eigenvalue weighted by molar-refractivity contribution is 5.93. The number of pyridine rings is 1. The maximum atomic E-state index is 12.2. The molecule has 5 rings (SSSR count). The van der Waals surface area contributed by atoms with Crippen LogP contribution in [-0.2, 0) is 12.8 Å². The fraction of sp³-hybridized carbons (Fsp3) is 0.524. The van der Waals surface area contributed by atoms with Crippen molar-refractivity contribution in [3.8, 4) is 6.07 Å². The average molecular weight is 391 g/mol. The summed E-state index contributed by atoms with van der Waals surface area (Å²) in [5.41, 5.74) is 3.93. The number of likely N-dealkylation sites (N-methyl/N-ethyl adjacent to an activating group) is 1. The van der Waals surface area contributed by atoms with E-state index in [1.165, 1.54) is 18.4 Å². The molecule has 3 aliphatic rings. The number of aromatic nitrogens is 3. The maximum Gasteiger partial charge on any atom is 0.324 e. The fourth-order valence-electron chi connectivity index (χ4n) is 4.65. The van der Waals surface area contributed by atoms with Gasteiger partial charge in [-0.2, -0.15) is 10.4 Å². The van der Waals surface area contributed by atoms with Crippen molar-refractivity contribution in [2.24, 2.45) is 0 Å². The number of nitriles is 1. The number of nitrogens with zero attached hydrogens (tertiary/aromatic N) is 7. The summed E-state index contributed by atoms with van der Waals surface area (Å²) in [5, 5.41) is 14.2. The van der Waals surface area contributed by atoms with Gasteiger partial charge < -0.3 is 9.80 Å². The Morgan fingerprint density at radius 2 is 2.07 bits per heavy atom. The molecule has 2 saturated heterocycles. The highest BCUT2D eigenvalue weighted by Crippen LogP contribution is 2.32. The van der Waals surface area contributed by atoms with Crippen LogP contribution in [0.3, 0.4) is 0 Å². The van der Waals surface area contributed by atoms with Gasteiger partial charge in [-0.25, -0.2) is 9.78 Å². The molecule has 0 radical (unpaired) electrons. The van der Waals surface area contributed by atoms with Crippen molar-refractivity contribution in [1.29, 1.82) is 5.26 Å². The van der Waals surface area contributed by atoms with Gasteiger partial charge in [-0.1, -0.05) is 0 Å². The Hall–Kier alpha value is -3.08. The largest absolute Gasteiger partial charge is 0.353 e. The van der Waals surface area contributed by atoms with Crippen molar-refractivity contribution in [3.63, 3.8) is 0 Å². The number of amides is 2. The fourth-order valence-corrected chi connectivity index (χ4v) is 4.65. The molecule has 8 nitrogen and oxygen atoms in total. The predicted octanol–water partition coefficient (Wildman–Crippen LogP) is 2.35. The Balaban J connectivity index is 1.35. The number of carbonyl (C=O) groups excluding carboxylic acids is 1. The van der Waals surface area contributed by atoms with E-state index in [2.05, 4.69) is 16.1 Å². The van der Waals surface area contributed by atoms with Crippen LogP contribution in [-0.4, -0.2) is 58.9 Å². The van der Waals surface area contributed by atoms with Crippen LogP contribution in [0.2, 0.25) is 0 Å². The van der Waals surface area contributed by atoms with E-state index >= 15 is 0 Å². The molecular weight excluding hydrogens is 366 g/mol. The number of hydrogen-bond donors (Lipinski definition) is 0. The molecule has 1 atom stereocenters. The smallest absolute Gasteiger partial charge is 0.324 e. The van der Waals surface area contributed by atoms with Crippen molar-refractivity contribution in [2.75, 3.05) is 43.0 Å². The van der Waals surface area contributed by atoms with Gasteiger partial charge in [0, 0.05) is 45.1 Å². The monoisotopic (exact) mass is 391 g/mol. The topological polar surface area (TPSA) is 81.3 Å². The number of anilines is 2. The Morgan fingerprint density at radius 3 is 2.86 bits per heavy atom. The van der Waals surface area contributed by atoms with Crippen LogP contribution >= 0.6 is 0 Å². The van der Waals surface area contributed by atoms with E-state index in [-0.39, 0.29) is 12.1 Å². The lowest BCUT2D eigenvalue weighted by Crippen LogP contribution is -2.28. The molecule has 29 heavy (non-hydrogen) atoms. The first kappa shape index (κ1) is 18.0. The number of hydrogen-bond acceptors (Lipinski definition) is 5. The lowest BCUT2D eigenvalue weighted by atomic mass is 9.95. The van der Waals surface area contributed by atoms with Crippen molar-refractivity contribution < 1.29 is 4.79 Å². The molecule has 2 fully saturated rings. The lowest BCUT2D eigenvalue weighted by Gasteiger charge is -2.23. The van der Waals surface area contributed by atoms with Crippen molar-refractivity contribution >= 4 is 17.5 Å². The molecule has 0 saturated carbocycles. The minimum Gasteiger partial charge on any atom is -0.353 e. The zero-order valence-corrected chi connectivity index (χ0v) is 16.7. The van der Waals surface area contributed by atoms with Crippen molar-refractivity contribution in [1.82, 2.24) is 19.7 Å². The molecule has 0 bridgehead atoms. The minimum atomic E-state index is 0.0227. The summed E-state index contributed by atoms with van der Waals surface area (Å²) in [7, 11) is 1.82. The molecule has 0 N–H and O–H groups in total. The van der Waals surface area contributed by atoms with Crippen LogP contribution in [0.25, 0.3) is 0 Å². The SMILES string of the molecule is CN1CCN(c2cnn(C3CCN(c4nc5c(cc4C#N)CCCC5)C3)c2)C1=O. The molecule has 1 unspecified atom stereocenters. The number of rotatable bonds is 3. The van der Waals surface area contributed by atoms with Gasteiger partial charge in [-0.05, 0) is 43.7 Å². The van der Waals surface area contributed by atoms with Crippen LogP contribution in [0.15, 0.2) is 18.5 Å². The molecule has 2 amide bonds. The predicted molar refractivity (Wildman–Crippen MR) is 109 cm³/mol. The van der Waals surface area contributed by atoms with Gasteiger partial charge in [-0.3, -0.25) is 9.58 Å². The summed E-state index contributed by atoms with van der Waals surface area (Å²) in [5.74, 6) is 0.819. The summed E-state index contributed by atoms with van der Waals surface area (Å²) in [6.07, 6.45) is 9.08. The second-order valence-electron chi connectivity index (χ2n) is 8.21. The first-order valence-corrected chi connectivity index (χ1v) is 10.4. The third kappa shape index (κ3) is 3.11. The number of fused-ring (bicyclic) bond motifs is 1. The molecular formula is C21H25N7O. The van der Waals surface area contributed by atoms with Crippen LogP contribution in [0, 0.1) is 11.3 Å². The lowest BCUT2D eigenvalue weighted by molar-refractivity contribution is 0.229. The Bertz CT molecular complexity index is 991. The molecule has 8 heteroatoms. The van der Waals surface area contributed by atoms with Crippen molar-refractivity contribution in [3.05, 3.63) is 35.3 Å². The molecule has 2 aromatic heterocycles. The standard InChI is InChI=1S/C21H25N7O/c1-25-8-9-27(21(25)29)18-12-23-28(14-18)17-6-7-26(13-17)20-16(11-22)10-15-4-2-3-5-19(15)24-20/h10,12,14,17H,2-9,13H2,1H3. The van der Waals surface area contributed by atoms with Gasteiger partial charge in [0.2, 0.25) is 0 Å². The van der Waals surface area contributed by atoms with E-state index in [0.29, 0.717) is 12.1 Å². The second kappa shape index (κ2) is 7.07. The Labute approximate surface area is 170 Å². The van der Waals surface area contributed by atoms with Crippen LogP contribution in [0.4, 0.5) is 16.3 Å². The summed E-state index contributed by atoms with van der Waals surface area (Å²) < 4.78 is 1.96. The van der Waals surface area contributed by atoms with E-state index in [1.54, 1.807) is 16.0 Å².